The van der Waals surface area contributed by atoms with Crippen molar-refractivity contribution in [1.82, 2.24) is 10.3 Å². The van der Waals surface area contributed by atoms with Crippen molar-refractivity contribution in [2.75, 3.05) is 7.05 Å². The molecular formula is C21H22N2O. The zero-order valence-corrected chi connectivity index (χ0v) is 14.2. The maximum Gasteiger partial charge on any atom is 0.106 e. The molecule has 2 aromatic rings. The summed E-state index contributed by atoms with van der Waals surface area (Å²) in [5.41, 5.74) is 6.69. The molecule has 0 fully saturated rings. The largest absolute Gasteiger partial charge is 0.392 e. The Bertz CT molecular complexity index is 832. The lowest BCUT2D eigenvalue weighted by Crippen LogP contribution is -2.08. The zero-order valence-electron chi connectivity index (χ0n) is 14.2. The number of nitrogens with one attached hydrogen (secondary N) is 1. The lowest BCUT2D eigenvalue weighted by atomic mass is 9.95. The van der Waals surface area contributed by atoms with E-state index in [9.17, 15) is 5.11 Å². The molecule has 0 aliphatic heterocycles. The Labute approximate surface area is 143 Å². The van der Waals surface area contributed by atoms with Crippen LogP contribution in [0.4, 0.5) is 0 Å². The van der Waals surface area contributed by atoms with Gasteiger partial charge in [-0.25, -0.2) is 0 Å². The van der Waals surface area contributed by atoms with Crippen LogP contribution in [0.1, 0.15) is 31.2 Å². The van der Waals surface area contributed by atoms with Crippen molar-refractivity contribution >= 4 is 6.08 Å². The van der Waals surface area contributed by atoms with E-state index >= 15 is 0 Å². The Balaban J connectivity index is 2.09. The first-order chi connectivity index (χ1) is 11.6. The van der Waals surface area contributed by atoms with Gasteiger partial charge in [-0.2, -0.15) is 0 Å². The molecule has 0 radical (unpaired) electrons. The summed E-state index contributed by atoms with van der Waals surface area (Å²) in [7, 11) is 1.88. The van der Waals surface area contributed by atoms with E-state index < -0.39 is 6.10 Å². The van der Waals surface area contributed by atoms with Crippen LogP contribution in [0.3, 0.4) is 0 Å². The van der Waals surface area contributed by atoms with Crippen LogP contribution in [0.5, 0.6) is 0 Å². The molecule has 2 N–H and O–H groups in total. The number of aliphatic hydroxyl groups excluding tert-OH is 1. The number of hydrogen-bond acceptors (Lipinski definition) is 3. The molecule has 1 unspecified atom stereocenters. The molecule has 1 atom stereocenters. The molecule has 1 aliphatic rings. The lowest BCUT2D eigenvalue weighted by molar-refractivity contribution is 0.218. The van der Waals surface area contributed by atoms with Gasteiger partial charge in [-0.05, 0) is 48.8 Å². The van der Waals surface area contributed by atoms with Crippen molar-refractivity contribution in [3.05, 3.63) is 82.8 Å². The second-order valence-corrected chi connectivity index (χ2v) is 6.02. The number of benzene rings is 1. The fourth-order valence-corrected chi connectivity index (χ4v) is 2.82. The SMILES string of the molecule is CN/C(C)=C/C1=C(C)C=Cc2ncc(-c3ccccc3)cc2C1O. The zero-order chi connectivity index (χ0) is 17.1. The lowest BCUT2D eigenvalue weighted by Gasteiger charge is -2.17. The van der Waals surface area contributed by atoms with Crippen LogP contribution >= 0.6 is 0 Å². The Hall–Kier alpha value is -2.65. The number of nitrogens with zero attached hydrogens (tertiary/aromatic N) is 1. The molecular weight excluding hydrogens is 296 g/mol. The average molecular weight is 318 g/mol. The van der Waals surface area contributed by atoms with Gasteiger partial charge >= 0.3 is 0 Å². The van der Waals surface area contributed by atoms with Crippen molar-refractivity contribution in [2.24, 2.45) is 0 Å². The molecule has 0 saturated heterocycles. The van der Waals surface area contributed by atoms with Gasteiger partial charge in [0.25, 0.3) is 0 Å². The van der Waals surface area contributed by atoms with Crippen LogP contribution in [0.15, 0.2) is 71.6 Å². The van der Waals surface area contributed by atoms with E-state index in [1.807, 2.05) is 69.6 Å². The third-order valence-electron chi connectivity index (χ3n) is 4.36. The van der Waals surface area contributed by atoms with Gasteiger partial charge in [0.1, 0.15) is 6.10 Å². The van der Waals surface area contributed by atoms with Crippen LogP contribution in [0.25, 0.3) is 17.2 Å². The minimum atomic E-state index is -0.700. The highest BCUT2D eigenvalue weighted by Gasteiger charge is 2.20. The number of rotatable bonds is 3. The maximum absolute atomic E-state index is 11.0. The van der Waals surface area contributed by atoms with E-state index in [4.69, 9.17) is 0 Å². The number of pyridine rings is 1. The molecule has 0 spiro atoms. The van der Waals surface area contributed by atoms with Crippen molar-refractivity contribution in [1.29, 1.82) is 0 Å². The van der Waals surface area contributed by atoms with Gasteiger partial charge in [0.15, 0.2) is 0 Å². The van der Waals surface area contributed by atoms with E-state index in [1.165, 1.54) is 0 Å². The summed E-state index contributed by atoms with van der Waals surface area (Å²) in [5.74, 6) is 0. The highest BCUT2D eigenvalue weighted by atomic mass is 16.3. The van der Waals surface area contributed by atoms with Crippen LogP contribution in [0, 0.1) is 0 Å². The molecule has 122 valence electrons. The van der Waals surface area contributed by atoms with Gasteiger partial charge in [-0.3, -0.25) is 4.98 Å². The summed E-state index contributed by atoms with van der Waals surface area (Å²) in [4.78, 5) is 4.56. The Morgan fingerprint density at radius 1 is 1.17 bits per heavy atom. The minimum absolute atomic E-state index is 0.700. The standard InChI is InChI=1S/C21H22N2O/c1-14-9-10-20-19(21(24)18(14)11-15(2)22-3)12-17(13-23-20)16-7-5-4-6-8-16/h4-13,21-22,24H,1-3H3/b15-11+. The number of fused-ring (bicyclic) bond motifs is 1. The highest BCUT2D eigenvalue weighted by molar-refractivity contribution is 5.68. The Morgan fingerprint density at radius 3 is 2.62 bits per heavy atom. The van der Waals surface area contributed by atoms with E-state index in [0.29, 0.717) is 0 Å². The number of aromatic nitrogens is 1. The predicted molar refractivity (Wildman–Crippen MR) is 99.2 cm³/mol. The van der Waals surface area contributed by atoms with Gasteiger partial charge in [0.2, 0.25) is 0 Å². The Kier molecular flexibility index (Phi) is 4.63. The second kappa shape index (κ2) is 6.85. The molecule has 0 bridgehead atoms. The second-order valence-electron chi connectivity index (χ2n) is 6.02. The average Bonchev–Trinajstić information content (AvgIpc) is 2.74. The van der Waals surface area contributed by atoms with E-state index in [0.717, 1.165) is 39.2 Å². The van der Waals surface area contributed by atoms with E-state index in [-0.39, 0.29) is 0 Å². The first-order valence-corrected chi connectivity index (χ1v) is 8.08. The van der Waals surface area contributed by atoms with Crippen molar-refractivity contribution in [3.8, 4) is 11.1 Å². The van der Waals surface area contributed by atoms with Crippen LogP contribution in [-0.2, 0) is 0 Å². The first kappa shape index (κ1) is 16.2. The highest BCUT2D eigenvalue weighted by Crippen LogP contribution is 2.34. The normalized spacial score (nSPS) is 17.5. The van der Waals surface area contributed by atoms with E-state index in [2.05, 4.69) is 22.4 Å². The quantitative estimate of drug-likeness (QED) is 0.889. The molecule has 3 rings (SSSR count). The third-order valence-corrected chi connectivity index (χ3v) is 4.36. The van der Waals surface area contributed by atoms with Crippen molar-refractivity contribution in [2.45, 2.75) is 20.0 Å². The fourth-order valence-electron chi connectivity index (χ4n) is 2.82. The Morgan fingerprint density at radius 2 is 1.92 bits per heavy atom. The number of aliphatic hydroxyl groups is 1. The summed E-state index contributed by atoms with van der Waals surface area (Å²) in [5, 5.41) is 14.1. The predicted octanol–water partition coefficient (Wildman–Crippen LogP) is 4.25. The topological polar surface area (TPSA) is 45.2 Å². The smallest absolute Gasteiger partial charge is 0.106 e. The summed E-state index contributed by atoms with van der Waals surface area (Å²) in [6, 6.07) is 12.1. The van der Waals surface area contributed by atoms with Crippen molar-refractivity contribution < 1.29 is 5.11 Å². The molecule has 1 heterocycles. The molecule has 0 saturated carbocycles. The molecule has 24 heavy (non-hydrogen) atoms. The van der Waals surface area contributed by atoms with Gasteiger partial charge in [0, 0.05) is 30.1 Å². The monoisotopic (exact) mass is 318 g/mol. The summed E-state index contributed by atoms with van der Waals surface area (Å²) >= 11 is 0. The van der Waals surface area contributed by atoms with Crippen LogP contribution in [-0.4, -0.2) is 17.1 Å². The van der Waals surface area contributed by atoms with Gasteiger partial charge in [0.05, 0.1) is 5.69 Å². The summed E-state index contributed by atoms with van der Waals surface area (Å²) in [6.45, 7) is 4.00. The van der Waals surface area contributed by atoms with Crippen LogP contribution < -0.4 is 5.32 Å². The molecule has 3 nitrogen and oxygen atoms in total. The van der Waals surface area contributed by atoms with E-state index in [1.54, 1.807) is 0 Å². The van der Waals surface area contributed by atoms with Gasteiger partial charge in [-0.1, -0.05) is 36.4 Å². The van der Waals surface area contributed by atoms with Gasteiger partial charge < -0.3 is 10.4 Å². The summed E-state index contributed by atoms with van der Waals surface area (Å²) < 4.78 is 0. The molecule has 1 aromatic carbocycles. The third kappa shape index (κ3) is 3.17. The van der Waals surface area contributed by atoms with Crippen LogP contribution in [0.2, 0.25) is 0 Å². The minimum Gasteiger partial charge on any atom is -0.392 e. The fraction of sp³-hybridized carbons (Fsp3) is 0.190. The maximum atomic E-state index is 11.0. The molecule has 1 aliphatic carbocycles. The molecule has 1 aromatic heterocycles. The number of allylic oxidation sites excluding steroid dienone is 3. The first-order valence-electron chi connectivity index (χ1n) is 8.08. The van der Waals surface area contributed by atoms with Crippen molar-refractivity contribution in [3.63, 3.8) is 0 Å². The molecule has 0 amide bonds. The van der Waals surface area contributed by atoms with Gasteiger partial charge in [-0.15, -0.1) is 0 Å². The molecule has 3 heteroatoms. The number of hydrogen-bond donors (Lipinski definition) is 2. The summed E-state index contributed by atoms with van der Waals surface area (Å²) in [6.07, 6.45) is 7.14.